The van der Waals surface area contributed by atoms with Crippen LogP contribution in [0.25, 0.3) is 0 Å². The van der Waals surface area contributed by atoms with Gasteiger partial charge in [0.15, 0.2) is 0 Å². The molecule has 1 aromatic carbocycles. The van der Waals surface area contributed by atoms with Crippen LogP contribution in [0.1, 0.15) is 6.42 Å². The van der Waals surface area contributed by atoms with Crippen LogP contribution in [0, 0.1) is 0 Å². The van der Waals surface area contributed by atoms with Crippen LogP contribution in [0.3, 0.4) is 0 Å². The molecule has 1 aromatic rings. The Morgan fingerprint density at radius 2 is 2.44 bits per heavy atom. The van der Waals surface area contributed by atoms with Gasteiger partial charge in [0.25, 0.3) is 0 Å². The number of carboxylic acid groups (broad SMARTS) is 1. The van der Waals surface area contributed by atoms with Gasteiger partial charge < -0.3 is 19.5 Å². The summed E-state index contributed by atoms with van der Waals surface area (Å²) in [7, 11) is 1.63. The molecule has 0 radical (unpaired) electrons. The van der Waals surface area contributed by atoms with Crippen molar-refractivity contribution >= 4 is 11.7 Å². The quantitative estimate of drug-likeness (QED) is 0.876. The number of carboxylic acids is 1. The number of ether oxygens (including phenoxy) is 2. The molecule has 1 N–H and O–H groups in total. The number of carbonyl (C=O) groups is 1. The third kappa shape index (κ3) is 3.13. The van der Waals surface area contributed by atoms with Gasteiger partial charge in [0.1, 0.15) is 5.75 Å². The highest BCUT2D eigenvalue weighted by Gasteiger charge is 2.23. The average Bonchev–Trinajstić information content (AvgIpc) is 2.38. The molecule has 0 aliphatic carbocycles. The zero-order valence-electron chi connectivity index (χ0n) is 10.3. The molecule has 1 heterocycles. The standard InChI is InChI=1S/C13H17NO4/c1-17-11-4-2-3-10(7-11)14-5-6-18-12(9-14)8-13(15)16/h2-4,7,12H,5-6,8-9H2,1H3,(H,15,16). The first-order valence-electron chi connectivity index (χ1n) is 5.91. The van der Waals surface area contributed by atoms with Gasteiger partial charge in [-0.2, -0.15) is 0 Å². The molecule has 1 aliphatic heterocycles. The van der Waals surface area contributed by atoms with E-state index in [9.17, 15) is 4.79 Å². The Bertz CT molecular complexity index is 421. The van der Waals surface area contributed by atoms with Crippen LogP contribution in [0.4, 0.5) is 5.69 Å². The average molecular weight is 251 g/mol. The highest BCUT2D eigenvalue weighted by atomic mass is 16.5. The lowest BCUT2D eigenvalue weighted by Gasteiger charge is -2.34. The van der Waals surface area contributed by atoms with Crippen molar-refractivity contribution in [3.05, 3.63) is 24.3 Å². The summed E-state index contributed by atoms with van der Waals surface area (Å²) in [5.74, 6) is -0.0266. The molecule has 5 nitrogen and oxygen atoms in total. The molecule has 98 valence electrons. The van der Waals surface area contributed by atoms with Crippen LogP contribution in [-0.4, -0.2) is 44.0 Å². The molecule has 1 aliphatic rings. The number of morpholine rings is 1. The van der Waals surface area contributed by atoms with E-state index in [1.165, 1.54) is 0 Å². The molecule has 0 spiro atoms. The van der Waals surface area contributed by atoms with Gasteiger partial charge in [0.05, 0.1) is 26.2 Å². The van der Waals surface area contributed by atoms with Crippen molar-refractivity contribution in [1.29, 1.82) is 0 Å². The summed E-state index contributed by atoms with van der Waals surface area (Å²) in [6.45, 7) is 1.91. The summed E-state index contributed by atoms with van der Waals surface area (Å²) in [5, 5.41) is 8.79. The molecule has 0 amide bonds. The molecule has 2 rings (SSSR count). The normalized spacial score (nSPS) is 19.6. The number of aliphatic carboxylic acids is 1. The zero-order chi connectivity index (χ0) is 13.0. The molecule has 1 unspecified atom stereocenters. The first-order chi connectivity index (χ1) is 8.69. The van der Waals surface area contributed by atoms with Crippen molar-refractivity contribution in [2.24, 2.45) is 0 Å². The third-order valence-electron chi connectivity index (χ3n) is 2.96. The molecule has 0 aromatic heterocycles. The maximum absolute atomic E-state index is 10.7. The van der Waals surface area contributed by atoms with E-state index < -0.39 is 5.97 Å². The minimum Gasteiger partial charge on any atom is -0.497 e. The Balaban J connectivity index is 2.05. The lowest BCUT2D eigenvalue weighted by molar-refractivity contribution is -0.140. The van der Waals surface area contributed by atoms with E-state index in [1.807, 2.05) is 24.3 Å². The molecular formula is C13H17NO4. The molecular weight excluding hydrogens is 234 g/mol. The molecule has 1 fully saturated rings. The Hall–Kier alpha value is -1.75. The Labute approximate surface area is 106 Å². The van der Waals surface area contributed by atoms with Crippen LogP contribution < -0.4 is 9.64 Å². The number of anilines is 1. The van der Waals surface area contributed by atoms with Crippen LogP contribution >= 0.6 is 0 Å². The largest absolute Gasteiger partial charge is 0.497 e. The smallest absolute Gasteiger partial charge is 0.306 e. The Morgan fingerprint density at radius 1 is 1.61 bits per heavy atom. The van der Waals surface area contributed by atoms with E-state index in [4.69, 9.17) is 14.6 Å². The number of benzene rings is 1. The van der Waals surface area contributed by atoms with Crippen molar-refractivity contribution < 1.29 is 19.4 Å². The highest BCUT2D eigenvalue weighted by Crippen LogP contribution is 2.23. The van der Waals surface area contributed by atoms with Crippen molar-refractivity contribution in [2.75, 3.05) is 31.7 Å². The summed E-state index contributed by atoms with van der Waals surface area (Å²) in [4.78, 5) is 12.8. The molecule has 18 heavy (non-hydrogen) atoms. The predicted molar refractivity (Wildman–Crippen MR) is 67.2 cm³/mol. The van der Waals surface area contributed by atoms with Crippen LogP contribution in [0.5, 0.6) is 5.75 Å². The third-order valence-corrected chi connectivity index (χ3v) is 2.96. The summed E-state index contributed by atoms with van der Waals surface area (Å²) in [6.07, 6.45) is -0.206. The van der Waals surface area contributed by atoms with Gasteiger partial charge in [-0.15, -0.1) is 0 Å². The van der Waals surface area contributed by atoms with Crippen LogP contribution in [0.15, 0.2) is 24.3 Å². The van der Waals surface area contributed by atoms with Gasteiger partial charge in [0.2, 0.25) is 0 Å². The summed E-state index contributed by atoms with van der Waals surface area (Å²) in [6, 6.07) is 7.75. The van der Waals surface area contributed by atoms with E-state index in [2.05, 4.69) is 4.90 Å². The molecule has 1 saturated heterocycles. The van der Waals surface area contributed by atoms with Gasteiger partial charge in [0, 0.05) is 24.8 Å². The number of rotatable bonds is 4. The summed E-state index contributed by atoms with van der Waals surface area (Å²) in [5.41, 5.74) is 1.04. The van der Waals surface area contributed by atoms with E-state index in [0.717, 1.165) is 18.0 Å². The predicted octanol–water partition coefficient (Wildman–Crippen LogP) is 1.38. The Morgan fingerprint density at radius 3 is 3.17 bits per heavy atom. The van der Waals surface area contributed by atoms with Crippen LogP contribution in [0.2, 0.25) is 0 Å². The van der Waals surface area contributed by atoms with Gasteiger partial charge >= 0.3 is 5.97 Å². The number of methoxy groups -OCH3 is 1. The fourth-order valence-electron chi connectivity index (χ4n) is 2.08. The maximum atomic E-state index is 10.7. The molecule has 5 heteroatoms. The first-order valence-corrected chi connectivity index (χ1v) is 5.91. The number of nitrogens with zero attached hydrogens (tertiary/aromatic N) is 1. The second kappa shape index (κ2) is 5.73. The summed E-state index contributed by atoms with van der Waals surface area (Å²) < 4.78 is 10.6. The SMILES string of the molecule is COc1cccc(N2CCOC(CC(=O)O)C2)c1. The molecule has 0 bridgehead atoms. The van der Waals surface area contributed by atoms with Crippen molar-refractivity contribution in [3.8, 4) is 5.75 Å². The van der Waals surface area contributed by atoms with E-state index in [1.54, 1.807) is 7.11 Å². The van der Waals surface area contributed by atoms with E-state index >= 15 is 0 Å². The Kier molecular flexibility index (Phi) is 4.04. The fraction of sp³-hybridized carbons (Fsp3) is 0.462. The number of hydrogen-bond donors (Lipinski definition) is 1. The second-order valence-electron chi connectivity index (χ2n) is 4.24. The topological polar surface area (TPSA) is 59.0 Å². The van der Waals surface area contributed by atoms with Gasteiger partial charge in [-0.3, -0.25) is 4.79 Å². The van der Waals surface area contributed by atoms with E-state index in [-0.39, 0.29) is 12.5 Å². The van der Waals surface area contributed by atoms with Crippen molar-refractivity contribution in [3.63, 3.8) is 0 Å². The van der Waals surface area contributed by atoms with Crippen molar-refractivity contribution in [2.45, 2.75) is 12.5 Å². The zero-order valence-corrected chi connectivity index (χ0v) is 10.3. The minimum absolute atomic E-state index is 0.0421. The maximum Gasteiger partial charge on any atom is 0.306 e. The van der Waals surface area contributed by atoms with Gasteiger partial charge in [-0.25, -0.2) is 0 Å². The minimum atomic E-state index is -0.826. The van der Waals surface area contributed by atoms with Gasteiger partial charge in [-0.1, -0.05) is 6.07 Å². The highest BCUT2D eigenvalue weighted by molar-refractivity contribution is 5.67. The monoisotopic (exact) mass is 251 g/mol. The fourth-order valence-corrected chi connectivity index (χ4v) is 2.08. The van der Waals surface area contributed by atoms with E-state index in [0.29, 0.717) is 13.2 Å². The van der Waals surface area contributed by atoms with Crippen LogP contribution in [-0.2, 0) is 9.53 Å². The summed E-state index contributed by atoms with van der Waals surface area (Å²) >= 11 is 0. The van der Waals surface area contributed by atoms with Crippen molar-refractivity contribution in [1.82, 2.24) is 0 Å². The first kappa shape index (κ1) is 12.7. The van der Waals surface area contributed by atoms with Gasteiger partial charge in [-0.05, 0) is 12.1 Å². The second-order valence-corrected chi connectivity index (χ2v) is 4.24. The molecule has 0 saturated carbocycles. The lowest BCUT2D eigenvalue weighted by Crippen LogP contribution is -2.43. The molecule has 1 atom stereocenters. The number of hydrogen-bond acceptors (Lipinski definition) is 4. The lowest BCUT2D eigenvalue weighted by atomic mass is 10.2.